The summed E-state index contributed by atoms with van der Waals surface area (Å²) in [5, 5.41) is 25.1. The second-order valence-electron chi connectivity index (χ2n) is 5.84. The van der Waals surface area contributed by atoms with Gasteiger partial charge in [-0.2, -0.15) is 5.10 Å². The van der Waals surface area contributed by atoms with E-state index in [2.05, 4.69) is 5.10 Å². The lowest BCUT2D eigenvalue weighted by atomic mass is 10.0. The van der Waals surface area contributed by atoms with Crippen molar-refractivity contribution in [2.24, 2.45) is 13.0 Å². The van der Waals surface area contributed by atoms with E-state index < -0.39 is 16.9 Å². The number of nitrogens with zero attached hydrogens (tertiary/aromatic N) is 4. The molecule has 1 aromatic rings. The highest BCUT2D eigenvalue weighted by molar-refractivity contribution is 5.81. The molecule has 116 valence electrons. The molecular formula is C13H20N4O4. The smallest absolute Gasteiger partial charge is 0.334 e. The molecule has 2 heterocycles. The van der Waals surface area contributed by atoms with Crippen molar-refractivity contribution in [1.29, 1.82) is 0 Å². The molecule has 1 aromatic heterocycles. The van der Waals surface area contributed by atoms with Crippen LogP contribution in [0.3, 0.4) is 0 Å². The van der Waals surface area contributed by atoms with Crippen LogP contribution in [0, 0.1) is 16.0 Å². The maximum Gasteiger partial charge on any atom is 0.334 e. The first kappa shape index (κ1) is 15.3. The molecule has 21 heavy (non-hydrogen) atoms. The monoisotopic (exact) mass is 296 g/mol. The van der Waals surface area contributed by atoms with Crippen LogP contribution in [0.5, 0.6) is 0 Å². The molecule has 1 fully saturated rings. The van der Waals surface area contributed by atoms with Crippen LogP contribution >= 0.6 is 0 Å². The van der Waals surface area contributed by atoms with Crippen molar-refractivity contribution in [2.75, 3.05) is 11.4 Å². The SMILES string of the molecule is CC(C)c1nn(C)c(N2CCC(C)C2C(=O)O)c1[N+](=O)[O-]. The summed E-state index contributed by atoms with van der Waals surface area (Å²) in [6, 6.07) is -0.751. The summed E-state index contributed by atoms with van der Waals surface area (Å²) in [4.78, 5) is 24.1. The number of carbonyl (C=O) groups is 1. The van der Waals surface area contributed by atoms with Gasteiger partial charge in [0, 0.05) is 19.5 Å². The molecule has 0 radical (unpaired) electrons. The first-order valence-corrected chi connectivity index (χ1v) is 6.96. The van der Waals surface area contributed by atoms with Gasteiger partial charge in [-0.3, -0.25) is 10.1 Å². The molecule has 8 nitrogen and oxygen atoms in total. The number of aromatic nitrogens is 2. The second-order valence-corrected chi connectivity index (χ2v) is 5.84. The first-order valence-electron chi connectivity index (χ1n) is 6.96. The Bertz CT molecular complexity index is 581. The van der Waals surface area contributed by atoms with Crippen LogP contribution in [0.2, 0.25) is 0 Å². The molecule has 1 saturated heterocycles. The maximum atomic E-state index is 11.5. The highest BCUT2D eigenvalue weighted by Crippen LogP contribution is 2.39. The lowest BCUT2D eigenvalue weighted by molar-refractivity contribution is -0.385. The van der Waals surface area contributed by atoms with Gasteiger partial charge in [-0.1, -0.05) is 20.8 Å². The van der Waals surface area contributed by atoms with Crippen molar-refractivity contribution in [3.05, 3.63) is 15.8 Å². The van der Waals surface area contributed by atoms with E-state index in [-0.39, 0.29) is 17.5 Å². The molecule has 0 aromatic carbocycles. The fourth-order valence-electron chi connectivity index (χ4n) is 2.97. The van der Waals surface area contributed by atoms with E-state index in [0.717, 1.165) is 0 Å². The predicted molar refractivity (Wildman–Crippen MR) is 76.5 cm³/mol. The Balaban J connectivity index is 2.58. The number of anilines is 1. The van der Waals surface area contributed by atoms with Crippen molar-refractivity contribution >= 4 is 17.5 Å². The zero-order valence-corrected chi connectivity index (χ0v) is 12.6. The van der Waals surface area contributed by atoms with Gasteiger partial charge in [-0.05, 0) is 12.3 Å². The molecule has 0 bridgehead atoms. The Hall–Kier alpha value is -2.12. The van der Waals surface area contributed by atoms with Crippen LogP contribution in [-0.4, -0.2) is 38.4 Å². The van der Waals surface area contributed by atoms with Crippen molar-refractivity contribution in [3.8, 4) is 0 Å². The van der Waals surface area contributed by atoms with Gasteiger partial charge in [0.25, 0.3) is 0 Å². The summed E-state index contributed by atoms with van der Waals surface area (Å²) in [6.07, 6.45) is 0.691. The van der Waals surface area contributed by atoms with E-state index in [0.29, 0.717) is 24.5 Å². The molecule has 8 heteroatoms. The summed E-state index contributed by atoms with van der Waals surface area (Å²) in [5.74, 6) is -0.824. The number of hydrogen-bond donors (Lipinski definition) is 1. The van der Waals surface area contributed by atoms with Crippen molar-refractivity contribution in [1.82, 2.24) is 9.78 Å². The zero-order valence-electron chi connectivity index (χ0n) is 12.6. The molecule has 0 saturated carbocycles. The normalized spacial score (nSPS) is 22.0. The third kappa shape index (κ3) is 2.45. The van der Waals surface area contributed by atoms with Gasteiger partial charge < -0.3 is 10.0 Å². The number of nitro groups is 1. The predicted octanol–water partition coefficient (Wildman–Crippen LogP) is 1.75. The average molecular weight is 296 g/mol. The Kier molecular flexibility index (Phi) is 3.89. The molecule has 1 N–H and O–H groups in total. The molecule has 2 rings (SSSR count). The molecule has 0 amide bonds. The van der Waals surface area contributed by atoms with Crippen LogP contribution in [0.15, 0.2) is 0 Å². The molecule has 2 unspecified atom stereocenters. The standard InChI is InChI=1S/C13H20N4O4/c1-7(2)9-11(17(20)21)12(15(4)14-9)16-6-5-8(3)10(16)13(18)19/h7-8,10H,5-6H2,1-4H3,(H,18,19). The highest BCUT2D eigenvalue weighted by atomic mass is 16.6. The van der Waals surface area contributed by atoms with Gasteiger partial charge in [-0.15, -0.1) is 0 Å². The van der Waals surface area contributed by atoms with Crippen LogP contribution in [0.4, 0.5) is 11.5 Å². The number of carboxylic acids is 1. The van der Waals surface area contributed by atoms with Gasteiger partial charge in [0.05, 0.1) is 4.92 Å². The summed E-state index contributed by atoms with van der Waals surface area (Å²) in [6.45, 7) is 6.00. The number of carboxylic acid groups (broad SMARTS) is 1. The Morgan fingerprint density at radius 3 is 2.62 bits per heavy atom. The Labute approximate surface area is 122 Å². The largest absolute Gasteiger partial charge is 0.480 e. The van der Waals surface area contributed by atoms with Crippen molar-refractivity contribution in [3.63, 3.8) is 0 Å². The minimum absolute atomic E-state index is 0.0560. The van der Waals surface area contributed by atoms with Crippen LogP contribution in [0.1, 0.15) is 38.8 Å². The number of aryl methyl sites for hydroxylation is 1. The molecule has 0 spiro atoms. The molecule has 2 atom stereocenters. The van der Waals surface area contributed by atoms with E-state index >= 15 is 0 Å². The topological polar surface area (TPSA) is 102 Å². The molecule has 1 aliphatic rings. The molecule has 0 aliphatic carbocycles. The van der Waals surface area contributed by atoms with Crippen LogP contribution < -0.4 is 4.90 Å². The van der Waals surface area contributed by atoms with E-state index in [1.807, 2.05) is 20.8 Å². The fourth-order valence-corrected chi connectivity index (χ4v) is 2.97. The molecular weight excluding hydrogens is 276 g/mol. The zero-order chi connectivity index (χ0) is 15.9. The van der Waals surface area contributed by atoms with E-state index in [1.165, 1.54) is 4.68 Å². The van der Waals surface area contributed by atoms with Gasteiger partial charge in [0.2, 0.25) is 5.82 Å². The van der Waals surface area contributed by atoms with Crippen molar-refractivity contribution < 1.29 is 14.8 Å². The minimum Gasteiger partial charge on any atom is -0.480 e. The van der Waals surface area contributed by atoms with E-state index in [4.69, 9.17) is 0 Å². The van der Waals surface area contributed by atoms with Crippen LogP contribution in [0.25, 0.3) is 0 Å². The highest BCUT2D eigenvalue weighted by Gasteiger charge is 2.42. The van der Waals surface area contributed by atoms with Gasteiger partial charge in [0.1, 0.15) is 11.7 Å². The quantitative estimate of drug-likeness (QED) is 0.671. The first-order chi connectivity index (χ1) is 9.75. The lowest BCUT2D eigenvalue weighted by Gasteiger charge is -2.24. The second kappa shape index (κ2) is 5.34. The third-order valence-electron chi connectivity index (χ3n) is 3.97. The Morgan fingerprint density at radius 1 is 1.52 bits per heavy atom. The maximum absolute atomic E-state index is 11.5. The summed E-state index contributed by atoms with van der Waals surface area (Å²) in [5.41, 5.74) is 0.314. The van der Waals surface area contributed by atoms with Gasteiger partial charge in [-0.25, -0.2) is 9.48 Å². The molecule has 1 aliphatic heterocycles. The van der Waals surface area contributed by atoms with Crippen molar-refractivity contribution in [2.45, 2.75) is 39.2 Å². The summed E-state index contributed by atoms with van der Waals surface area (Å²) >= 11 is 0. The lowest BCUT2D eigenvalue weighted by Crippen LogP contribution is -2.40. The third-order valence-corrected chi connectivity index (χ3v) is 3.97. The number of hydrogen-bond acceptors (Lipinski definition) is 5. The fraction of sp³-hybridized carbons (Fsp3) is 0.692. The average Bonchev–Trinajstić information content (AvgIpc) is 2.89. The summed E-state index contributed by atoms with van der Waals surface area (Å²) in [7, 11) is 1.62. The number of aliphatic carboxylic acids is 1. The minimum atomic E-state index is -0.957. The van der Waals surface area contributed by atoms with Gasteiger partial charge in [0.15, 0.2) is 0 Å². The Morgan fingerprint density at radius 2 is 2.14 bits per heavy atom. The number of rotatable bonds is 4. The van der Waals surface area contributed by atoms with E-state index in [1.54, 1.807) is 11.9 Å². The summed E-state index contributed by atoms with van der Waals surface area (Å²) < 4.78 is 1.43. The van der Waals surface area contributed by atoms with E-state index in [9.17, 15) is 20.0 Å². The van der Waals surface area contributed by atoms with Crippen LogP contribution in [-0.2, 0) is 11.8 Å². The van der Waals surface area contributed by atoms with Gasteiger partial charge >= 0.3 is 11.7 Å².